The predicted octanol–water partition coefficient (Wildman–Crippen LogP) is 7.97. The average molecular weight is 752 g/mol. The molecule has 4 N–H and O–H groups in total. The van der Waals surface area contributed by atoms with E-state index < -0.39 is 19.3 Å². The van der Waals surface area contributed by atoms with Gasteiger partial charge in [-0.15, -0.1) is 0 Å². The Labute approximate surface area is 285 Å². The second-order valence-electron chi connectivity index (χ2n) is 12.1. The number of fused-ring (bicyclic) bond motifs is 1. The number of aromatic nitrogens is 3. The van der Waals surface area contributed by atoms with Crippen molar-refractivity contribution in [3.63, 3.8) is 0 Å². The van der Waals surface area contributed by atoms with Gasteiger partial charge < -0.3 is 30.4 Å². The number of hydrogen-bond acceptors (Lipinski definition) is 9. The van der Waals surface area contributed by atoms with E-state index in [0.717, 1.165) is 46.9 Å². The number of ether oxygens (including phenoxy) is 1. The van der Waals surface area contributed by atoms with Crippen LogP contribution >= 0.6 is 23.1 Å². The van der Waals surface area contributed by atoms with Crippen molar-refractivity contribution in [1.29, 1.82) is 0 Å². The highest BCUT2D eigenvalue weighted by molar-refractivity contribution is 9.10. The van der Waals surface area contributed by atoms with Crippen LogP contribution < -0.4 is 26.0 Å². The molecule has 0 aliphatic carbocycles. The molecule has 0 spiro atoms. The number of pyridine rings is 1. The lowest BCUT2D eigenvalue weighted by molar-refractivity contribution is -0.192. The summed E-state index contributed by atoms with van der Waals surface area (Å²) in [4.78, 5) is 22.8. The predicted molar refractivity (Wildman–Crippen MR) is 187 cm³/mol. The Morgan fingerprint density at radius 1 is 1.08 bits per heavy atom. The number of aryl methyl sites for hydroxylation is 1. The molecule has 0 saturated carbocycles. The Morgan fingerprint density at radius 2 is 1.73 bits per heavy atom. The maximum Gasteiger partial charge on any atom is 0.490 e. The summed E-state index contributed by atoms with van der Waals surface area (Å²) in [6.07, 6.45) is 1.46. The number of carboxylic acids is 1. The second kappa shape index (κ2) is 15.2. The van der Waals surface area contributed by atoms with Crippen molar-refractivity contribution in [2.24, 2.45) is 0 Å². The molecule has 0 bridgehead atoms. The van der Waals surface area contributed by atoms with Gasteiger partial charge in [0, 0.05) is 29.0 Å². The van der Waals surface area contributed by atoms with Gasteiger partial charge in [-0.2, -0.15) is 18.2 Å². The molecule has 15 heteroatoms. The number of nitrogens with zero attached hydrogens (tertiary/aromatic N) is 3. The standard InChI is InChI=1S/C31H38BrN6O2P.C2HF3O2/c1-7-20-14-26(28(40-4)15-23(20)21-12-18(2)35-19(3)13-21)37-31-34-16-24(32)30(38-31)36-27-17-33-25-11-9-8-10-22(25)29(27)41(5,6)39;3-2(4,5)1(6)7/h8-11,14-19,21,35H,7,12-13H2,1-6H3,(H2,34,36,37,38);(H,6,7)/t18-,19+,21?;. The van der Waals surface area contributed by atoms with E-state index in [1.165, 1.54) is 11.1 Å². The highest BCUT2D eigenvalue weighted by Crippen LogP contribution is 2.42. The van der Waals surface area contributed by atoms with E-state index in [0.29, 0.717) is 39.9 Å². The third-order valence-corrected chi connectivity index (χ3v) is 10.0. The molecule has 48 heavy (non-hydrogen) atoms. The number of nitrogens with one attached hydrogen (secondary N) is 3. The zero-order valence-corrected chi connectivity index (χ0v) is 29.9. The number of para-hydroxylation sites is 1. The molecular formula is C33H39BrF3N6O4P. The molecule has 3 atom stereocenters. The van der Waals surface area contributed by atoms with Crippen LogP contribution in [0.2, 0.25) is 0 Å². The molecule has 1 fully saturated rings. The van der Waals surface area contributed by atoms with Gasteiger partial charge >= 0.3 is 12.1 Å². The van der Waals surface area contributed by atoms with Gasteiger partial charge in [0.05, 0.1) is 34.7 Å². The third kappa shape index (κ3) is 9.03. The van der Waals surface area contributed by atoms with Gasteiger partial charge in [0.2, 0.25) is 5.95 Å². The average Bonchev–Trinajstić information content (AvgIpc) is 3.01. The van der Waals surface area contributed by atoms with Crippen LogP contribution in [0.5, 0.6) is 5.75 Å². The largest absolute Gasteiger partial charge is 0.495 e. The van der Waals surface area contributed by atoms with E-state index in [4.69, 9.17) is 19.6 Å². The highest BCUT2D eigenvalue weighted by atomic mass is 79.9. The summed E-state index contributed by atoms with van der Waals surface area (Å²) < 4.78 is 51.7. The van der Waals surface area contributed by atoms with Gasteiger partial charge in [0.25, 0.3) is 0 Å². The molecule has 1 aliphatic heterocycles. The van der Waals surface area contributed by atoms with Crippen LogP contribution in [0.3, 0.4) is 0 Å². The number of rotatable bonds is 8. The summed E-state index contributed by atoms with van der Waals surface area (Å²) in [5.41, 5.74) is 4.92. The smallest absolute Gasteiger partial charge is 0.490 e. The van der Waals surface area contributed by atoms with Crippen molar-refractivity contribution in [3.05, 3.63) is 64.4 Å². The van der Waals surface area contributed by atoms with Crippen LogP contribution in [-0.2, 0) is 15.8 Å². The van der Waals surface area contributed by atoms with Gasteiger partial charge in [-0.05, 0) is 97.6 Å². The van der Waals surface area contributed by atoms with E-state index in [1.807, 2.05) is 24.3 Å². The van der Waals surface area contributed by atoms with Crippen molar-refractivity contribution in [2.45, 2.75) is 64.2 Å². The molecule has 2 aromatic heterocycles. The van der Waals surface area contributed by atoms with Crippen LogP contribution in [0, 0.1) is 0 Å². The topological polar surface area (TPSA) is 138 Å². The van der Waals surface area contributed by atoms with Gasteiger partial charge in [-0.1, -0.05) is 25.1 Å². The summed E-state index contributed by atoms with van der Waals surface area (Å²) in [6, 6.07) is 13.1. The van der Waals surface area contributed by atoms with Crippen molar-refractivity contribution in [1.82, 2.24) is 20.3 Å². The monoisotopic (exact) mass is 750 g/mol. The first-order valence-corrected chi connectivity index (χ1v) is 18.7. The van der Waals surface area contributed by atoms with E-state index >= 15 is 0 Å². The molecule has 4 aromatic rings. The Morgan fingerprint density at radius 3 is 2.31 bits per heavy atom. The summed E-state index contributed by atoms with van der Waals surface area (Å²) >= 11 is 3.58. The van der Waals surface area contributed by atoms with Crippen molar-refractivity contribution < 1.29 is 32.4 Å². The minimum atomic E-state index is -5.08. The third-order valence-electron chi connectivity index (χ3n) is 7.90. The Kier molecular flexibility index (Phi) is 11.8. The lowest BCUT2D eigenvalue weighted by Gasteiger charge is -2.34. The normalized spacial score (nSPS) is 18.1. The fraction of sp³-hybridized carbons (Fsp3) is 0.394. The molecular weight excluding hydrogens is 712 g/mol. The van der Waals surface area contributed by atoms with Gasteiger partial charge in [0.15, 0.2) is 0 Å². The number of hydrogen-bond donors (Lipinski definition) is 4. The van der Waals surface area contributed by atoms with Gasteiger partial charge in [0.1, 0.15) is 18.7 Å². The Hall–Kier alpha value is -3.74. The summed E-state index contributed by atoms with van der Waals surface area (Å²) in [5.74, 6) is -0.558. The van der Waals surface area contributed by atoms with Crippen LogP contribution in [0.4, 0.5) is 36.3 Å². The molecule has 1 unspecified atom stereocenters. The molecule has 2 aromatic carbocycles. The Balaban J connectivity index is 0.000000671. The van der Waals surface area contributed by atoms with Crippen molar-refractivity contribution in [2.75, 3.05) is 31.1 Å². The maximum atomic E-state index is 13.4. The zero-order chi connectivity index (χ0) is 35.4. The summed E-state index contributed by atoms with van der Waals surface area (Å²) in [5, 5.41) is 19.1. The first-order chi connectivity index (χ1) is 22.5. The fourth-order valence-electron chi connectivity index (χ4n) is 5.98. The highest BCUT2D eigenvalue weighted by Gasteiger charge is 2.38. The van der Waals surface area contributed by atoms with Crippen LogP contribution in [0.15, 0.2) is 53.3 Å². The van der Waals surface area contributed by atoms with Crippen LogP contribution in [0.25, 0.3) is 10.9 Å². The second-order valence-corrected chi connectivity index (χ2v) is 16.1. The Bertz CT molecular complexity index is 1830. The number of halogens is 4. The number of aliphatic carboxylic acids is 1. The number of benzene rings is 2. The van der Waals surface area contributed by atoms with E-state index in [1.54, 1.807) is 32.8 Å². The lowest BCUT2D eigenvalue weighted by Crippen LogP contribution is -2.41. The van der Waals surface area contributed by atoms with E-state index in [2.05, 4.69) is 74.8 Å². The van der Waals surface area contributed by atoms with Crippen molar-refractivity contribution >= 4 is 68.4 Å². The van der Waals surface area contributed by atoms with Crippen LogP contribution in [-0.4, -0.2) is 64.7 Å². The minimum absolute atomic E-state index is 0.416. The number of carboxylic acid groups (broad SMARTS) is 1. The molecule has 5 rings (SSSR count). The van der Waals surface area contributed by atoms with Gasteiger partial charge in [-0.25, -0.2) is 9.78 Å². The molecule has 1 aliphatic rings. The molecule has 3 heterocycles. The molecule has 0 radical (unpaired) electrons. The zero-order valence-electron chi connectivity index (χ0n) is 27.4. The number of carbonyl (C=O) groups is 1. The summed E-state index contributed by atoms with van der Waals surface area (Å²) in [7, 11) is -0.966. The first-order valence-electron chi connectivity index (χ1n) is 15.3. The molecule has 1 saturated heterocycles. The minimum Gasteiger partial charge on any atom is -0.495 e. The fourth-order valence-corrected chi connectivity index (χ4v) is 7.73. The molecule has 10 nitrogen and oxygen atoms in total. The van der Waals surface area contributed by atoms with Crippen LogP contribution in [0.1, 0.15) is 50.7 Å². The number of anilines is 4. The number of methoxy groups -OCH3 is 1. The van der Waals surface area contributed by atoms with Crippen molar-refractivity contribution in [3.8, 4) is 5.75 Å². The molecule has 0 amide bonds. The first kappa shape index (κ1) is 37.1. The van der Waals surface area contributed by atoms with E-state index in [9.17, 15) is 17.7 Å². The number of alkyl halides is 3. The van der Waals surface area contributed by atoms with E-state index in [-0.39, 0.29) is 0 Å². The quantitative estimate of drug-likeness (QED) is 0.131. The van der Waals surface area contributed by atoms with Gasteiger partial charge in [-0.3, -0.25) is 4.98 Å². The lowest BCUT2D eigenvalue weighted by atomic mass is 9.81. The SMILES string of the molecule is CCc1cc(Nc2ncc(Br)c(Nc3cnc4ccccc4c3P(C)(C)=O)n2)c(OC)cc1C1C[C@@H](C)N[C@@H](C)C1.O=C(O)C(F)(F)F. The number of piperidine rings is 1. The summed E-state index contributed by atoms with van der Waals surface area (Å²) in [6.45, 7) is 10.3. The maximum absolute atomic E-state index is 13.4. The molecule has 258 valence electrons.